The van der Waals surface area contributed by atoms with Crippen molar-refractivity contribution in [3.8, 4) is 0 Å². The first-order valence-electron chi connectivity index (χ1n) is 10.5. The highest BCUT2D eigenvalue weighted by molar-refractivity contribution is 5.75. The van der Waals surface area contributed by atoms with Crippen LogP contribution in [0.2, 0.25) is 0 Å². The Morgan fingerprint density at radius 1 is 1.00 bits per heavy atom. The van der Waals surface area contributed by atoms with Gasteiger partial charge in [-0.25, -0.2) is 0 Å². The number of aliphatic carboxylic acids is 1. The van der Waals surface area contributed by atoms with Crippen LogP contribution in [0.25, 0.3) is 0 Å². The molecule has 4 bridgehead atoms. The molecule has 0 saturated heterocycles. The second-order valence-corrected chi connectivity index (χ2v) is 11.1. The van der Waals surface area contributed by atoms with Gasteiger partial charge in [-0.1, -0.05) is 20.3 Å². The van der Waals surface area contributed by atoms with Crippen molar-refractivity contribution in [2.45, 2.75) is 78.7 Å². The summed E-state index contributed by atoms with van der Waals surface area (Å²) in [7, 11) is 0. The van der Waals surface area contributed by atoms with E-state index in [9.17, 15) is 14.7 Å². The number of fused-ring (bicyclic) bond motifs is 1. The van der Waals surface area contributed by atoms with E-state index < -0.39 is 11.4 Å². The first kappa shape index (κ1) is 17.1. The van der Waals surface area contributed by atoms with Gasteiger partial charge >= 0.3 is 11.9 Å². The number of carbonyl (C=O) groups excluding carboxylic acids is 1. The number of hydrogen-bond donors (Lipinski definition) is 1. The van der Waals surface area contributed by atoms with Crippen molar-refractivity contribution in [1.82, 2.24) is 0 Å². The SMILES string of the molecule is CC(=O)O[C@H]1C[C@@H]2[C@@](C)(CCC[C@]2(C)C(=O)O)[C@H]2C[C@@H]3[C@@H]4C[C@]12C[C@]34C. The molecule has 1 N–H and O–H groups in total. The number of carbonyl (C=O) groups is 2. The van der Waals surface area contributed by atoms with Crippen LogP contribution in [0.15, 0.2) is 0 Å². The molecule has 0 amide bonds. The minimum Gasteiger partial charge on any atom is -0.481 e. The van der Waals surface area contributed by atoms with Gasteiger partial charge in [-0.05, 0) is 80.0 Å². The summed E-state index contributed by atoms with van der Waals surface area (Å²) in [5.74, 6) is 1.38. The van der Waals surface area contributed by atoms with Gasteiger partial charge < -0.3 is 9.84 Å². The van der Waals surface area contributed by atoms with E-state index in [1.807, 2.05) is 6.92 Å². The van der Waals surface area contributed by atoms with Crippen LogP contribution >= 0.6 is 0 Å². The molecule has 6 fully saturated rings. The molecule has 6 aliphatic carbocycles. The number of carboxylic acids is 1. The zero-order chi connectivity index (χ0) is 18.7. The van der Waals surface area contributed by atoms with E-state index in [0.29, 0.717) is 11.3 Å². The van der Waals surface area contributed by atoms with Crippen molar-refractivity contribution >= 4 is 11.9 Å². The third-order valence-electron chi connectivity index (χ3n) is 10.2. The molecular formula is C22H32O4. The predicted octanol–water partition coefficient (Wildman–Crippen LogP) is 4.27. The lowest BCUT2D eigenvalue weighted by molar-refractivity contribution is -0.228. The summed E-state index contributed by atoms with van der Waals surface area (Å²) in [5, 5.41) is 10.1. The number of hydrogen-bond acceptors (Lipinski definition) is 3. The van der Waals surface area contributed by atoms with E-state index in [-0.39, 0.29) is 28.8 Å². The summed E-state index contributed by atoms with van der Waals surface area (Å²) in [6, 6.07) is 0. The Hall–Kier alpha value is -1.06. The minimum absolute atomic E-state index is 0.0664. The maximum absolute atomic E-state index is 12.3. The van der Waals surface area contributed by atoms with Gasteiger partial charge in [0.25, 0.3) is 0 Å². The lowest BCUT2D eigenvalue weighted by Gasteiger charge is -2.66. The van der Waals surface area contributed by atoms with Crippen molar-refractivity contribution in [3.63, 3.8) is 0 Å². The van der Waals surface area contributed by atoms with Gasteiger partial charge in [0.1, 0.15) is 6.10 Å². The van der Waals surface area contributed by atoms with E-state index >= 15 is 0 Å². The van der Waals surface area contributed by atoms with E-state index in [4.69, 9.17) is 4.74 Å². The molecule has 0 aromatic carbocycles. The third kappa shape index (κ3) is 1.73. The highest BCUT2D eigenvalue weighted by atomic mass is 16.5. The predicted molar refractivity (Wildman–Crippen MR) is 96.2 cm³/mol. The summed E-state index contributed by atoms with van der Waals surface area (Å²) in [5.41, 5.74) is -0.0674. The van der Waals surface area contributed by atoms with Gasteiger partial charge in [0.05, 0.1) is 5.41 Å². The molecule has 0 radical (unpaired) electrons. The maximum atomic E-state index is 12.3. The molecule has 1 spiro atoms. The van der Waals surface area contributed by atoms with Crippen molar-refractivity contribution in [3.05, 3.63) is 0 Å². The van der Waals surface area contributed by atoms with Crippen LogP contribution in [-0.2, 0) is 14.3 Å². The standard InChI is InChI=1S/C22H32O4/c1-12(23)26-17-9-15-19(2,6-5-7-20(15,3)18(24)25)16-8-13-14-10-22(16,17)11-21(13,14)4/h13-17H,5-11H2,1-4H3,(H,24,25)/t13-,14+,15-,16-,17+,19-,20+,21-,22-/m1/s1. The fourth-order valence-electron chi connectivity index (χ4n) is 9.11. The fourth-order valence-corrected chi connectivity index (χ4v) is 9.11. The van der Waals surface area contributed by atoms with Crippen LogP contribution in [-0.4, -0.2) is 23.1 Å². The number of esters is 1. The molecular weight excluding hydrogens is 328 g/mol. The first-order valence-corrected chi connectivity index (χ1v) is 10.5. The summed E-state index contributed by atoms with van der Waals surface area (Å²) < 4.78 is 5.97. The maximum Gasteiger partial charge on any atom is 0.309 e. The normalized spacial score (nSPS) is 59.2. The molecule has 0 unspecified atom stereocenters. The molecule has 0 heterocycles. The van der Waals surface area contributed by atoms with E-state index in [0.717, 1.165) is 37.5 Å². The lowest BCUT2D eigenvalue weighted by Crippen LogP contribution is -2.64. The van der Waals surface area contributed by atoms with Crippen LogP contribution in [0, 0.1) is 45.3 Å². The zero-order valence-corrected chi connectivity index (χ0v) is 16.5. The van der Waals surface area contributed by atoms with Crippen LogP contribution in [0.4, 0.5) is 0 Å². The lowest BCUT2D eigenvalue weighted by atomic mass is 9.38. The molecule has 26 heavy (non-hydrogen) atoms. The highest BCUT2D eigenvalue weighted by Gasteiger charge is 2.81. The topological polar surface area (TPSA) is 63.6 Å². The van der Waals surface area contributed by atoms with Crippen LogP contribution in [0.5, 0.6) is 0 Å². The molecule has 0 aromatic rings. The highest BCUT2D eigenvalue weighted by Crippen LogP contribution is 2.85. The Kier molecular flexibility index (Phi) is 3.07. The monoisotopic (exact) mass is 360 g/mol. The van der Waals surface area contributed by atoms with Crippen LogP contribution < -0.4 is 0 Å². The quantitative estimate of drug-likeness (QED) is 0.747. The van der Waals surface area contributed by atoms with Gasteiger partial charge in [0.15, 0.2) is 0 Å². The third-order valence-corrected chi connectivity index (χ3v) is 10.2. The average Bonchev–Trinajstić information content (AvgIpc) is 2.99. The van der Waals surface area contributed by atoms with Crippen molar-refractivity contribution in [2.75, 3.05) is 0 Å². The Morgan fingerprint density at radius 2 is 1.73 bits per heavy atom. The van der Waals surface area contributed by atoms with Gasteiger partial charge in [-0.3, -0.25) is 9.59 Å². The largest absolute Gasteiger partial charge is 0.481 e. The van der Waals surface area contributed by atoms with Crippen LogP contribution in [0.3, 0.4) is 0 Å². The Balaban J connectivity index is 1.61. The fraction of sp³-hybridized carbons (Fsp3) is 0.909. The molecule has 9 atom stereocenters. The second-order valence-electron chi connectivity index (χ2n) is 11.1. The Morgan fingerprint density at radius 3 is 2.31 bits per heavy atom. The van der Waals surface area contributed by atoms with E-state index in [1.165, 1.54) is 26.2 Å². The van der Waals surface area contributed by atoms with Gasteiger partial charge in [0, 0.05) is 12.3 Å². The van der Waals surface area contributed by atoms with E-state index in [2.05, 4.69) is 13.8 Å². The van der Waals surface area contributed by atoms with Crippen molar-refractivity contribution in [2.24, 2.45) is 45.3 Å². The number of rotatable bonds is 2. The zero-order valence-electron chi connectivity index (χ0n) is 16.5. The first-order chi connectivity index (χ1) is 12.1. The smallest absolute Gasteiger partial charge is 0.309 e. The molecule has 0 aromatic heterocycles. The average molecular weight is 360 g/mol. The molecule has 0 aliphatic heterocycles. The van der Waals surface area contributed by atoms with Crippen molar-refractivity contribution < 1.29 is 19.4 Å². The number of ether oxygens (including phenoxy) is 1. The Labute approximate surface area is 156 Å². The molecule has 6 rings (SSSR count). The summed E-state index contributed by atoms with van der Waals surface area (Å²) in [6.07, 6.45) is 7.14. The number of carboxylic acid groups (broad SMARTS) is 1. The minimum atomic E-state index is -0.694. The summed E-state index contributed by atoms with van der Waals surface area (Å²) in [6.45, 7) is 8.29. The second kappa shape index (κ2) is 4.67. The summed E-state index contributed by atoms with van der Waals surface area (Å²) in [4.78, 5) is 24.2. The molecule has 144 valence electrons. The summed E-state index contributed by atoms with van der Waals surface area (Å²) >= 11 is 0. The molecule has 6 saturated carbocycles. The van der Waals surface area contributed by atoms with Gasteiger partial charge in [-0.15, -0.1) is 0 Å². The molecule has 4 nitrogen and oxygen atoms in total. The van der Waals surface area contributed by atoms with Gasteiger partial charge in [-0.2, -0.15) is 0 Å². The van der Waals surface area contributed by atoms with Crippen LogP contribution in [0.1, 0.15) is 72.6 Å². The molecule has 4 heteroatoms. The van der Waals surface area contributed by atoms with Gasteiger partial charge in [0.2, 0.25) is 0 Å². The van der Waals surface area contributed by atoms with E-state index in [1.54, 1.807) is 0 Å². The Bertz CT molecular complexity index is 702. The molecule has 6 aliphatic rings. The van der Waals surface area contributed by atoms with Crippen molar-refractivity contribution in [1.29, 1.82) is 0 Å².